The van der Waals surface area contributed by atoms with Crippen molar-refractivity contribution in [3.8, 4) is 11.5 Å². The van der Waals surface area contributed by atoms with Crippen LogP contribution in [0.15, 0.2) is 36.4 Å². The Balaban J connectivity index is 0.000000224. The van der Waals surface area contributed by atoms with Gasteiger partial charge < -0.3 is 15.2 Å². The van der Waals surface area contributed by atoms with Gasteiger partial charge in [0.05, 0.1) is 24.8 Å². The lowest BCUT2D eigenvalue weighted by Gasteiger charge is -2.01. The van der Waals surface area contributed by atoms with Crippen molar-refractivity contribution in [1.82, 2.24) is 0 Å². The predicted octanol–water partition coefficient (Wildman–Crippen LogP) is 3.16. The highest BCUT2D eigenvalue weighted by Gasteiger charge is 2.14. The van der Waals surface area contributed by atoms with E-state index in [1.54, 1.807) is 0 Å². The molecule has 8 heteroatoms. The summed E-state index contributed by atoms with van der Waals surface area (Å²) in [5.74, 6) is -0.594. The fourth-order valence-electron chi connectivity index (χ4n) is 1.49. The predicted molar refractivity (Wildman–Crippen MR) is 77.0 cm³/mol. The van der Waals surface area contributed by atoms with E-state index in [0.717, 1.165) is 18.2 Å². The summed E-state index contributed by atoms with van der Waals surface area (Å²) in [4.78, 5) is 9.67. The number of nitrogens with two attached hydrogens (primary N) is 1. The maximum atomic E-state index is 12.5. The first kappa shape index (κ1) is 17.2. The van der Waals surface area contributed by atoms with E-state index in [4.69, 9.17) is 10.5 Å². The molecule has 0 aliphatic carbocycles. The molecule has 0 aliphatic rings. The molecule has 2 aromatic carbocycles. The van der Waals surface area contributed by atoms with Crippen LogP contribution in [0.25, 0.3) is 0 Å². The van der Waals surface area contributed by atoms with Gasteiger partial charge in [0.15, 0.2) is 5.75 Å². The number of nitro groups is 1. The molecule has 0 bridgehead atoms. The van der Waals surface area contributed by atoms with Crippen molar-refractivity contribution in [2.45, 2.75) is 0 Å². The van der Waals surface area contributed by atoms with Crippen LogP contribution in [-0.2, 0) is 0 Å². The van der Waals surface area contributed by atoms with Crippen LogP contribution in [0.2, 0.25) is 0 Å². The number of nitrogens with zero attached hydrogens (tertiary/aromatic N) is 1. The van der Waals surface area contributed by atoms with Gasteiger partial charge in [-0.3, -0.25) is 10.1 Å². The van der Waals surface area contributed by atoms with Gasteiger partial charge in [0, 0.05) is 18.2 Å². The maximum Gasteiger partial charge on any atom is 0.311 e. The average molecular weight is 312 g/mol. The molecule has 6 nitrogen and oxygen atoms in total. The smallest absolute Gasteiger partial charge is 0.311 e. The van der Waals surface area contributed by atoms with Crippen molar-refractivity contribution in [2.24, 2.45) is 0 Å². The van der Waals surface area contributed by atoms with E-state index in [9.17, 15) is 18.9 Å². The minimum Gasteiger partial charge on any atom is -0.494 e. The van der Waals surface area contributed by atoms with Crippen LogP contribution >= 0.6 is 0 Å². The van der Waals surface area contributed by atoms with Crippen LogP contribution in [-0.4, -0.2) is 19.1 Å². The van der Waals surface area contributed by atoms with Gasteiger partial charge in [0.2, 0.25) is 0 Å². The Hall–Kier alpha value is -2.90. The standard InChI is InChI=1S/C7H6FNO3.C7H8FNO/c1-12-7-4-5(8)2-3-6(7)9(10)11;1-10-7-4-5(8)2-3-6(7)9/h2-4H,1H3;2-4H,9H2,1H3. The molecule has 0 amide bonds. The van der Waals surface area contributed by atoms with Gasteiger partial charge in [-0.25, -0.2) is 8.78 Å². The summed E-state index contributed by atoms with van der Waals surface area (Å²) < 4.78 is 34.3. The topological polar surface area (TPSA) is 87.6 Å². The van der Waals surface area contributed by atoms with E-state index in [0.29, 0.717) is 11.4 Å². The fourth-order valence-corrected chi connectivity index (χ4v) is 1.49. The first-order valence-electron chi connectivity index (χ1n) is 5.96. The molecule has 0 radical (unpaired) electrons. The number of benzene rings is 2. The van der Waals surface area contributed by atoms with Crippen LogP contribution < -0.4 is 15.2 Å². The van der Waals surface area contributed by atoms with E-state index in [2.05, 4.69) is 4.74 Å². The summed E-state index contributed by atoms with van der Waals surface area (Å²) in [5.41, 5.74) is 5.62. The van der Waals surface area contributed by atoms with Crippen LogP contribution in [0.1, 0.15) is 0 Å². The Labute approximate surface area is 125 Å². The number of nitro benzene ring substituents is 1. The Kier molecular flexibility index (Phi) is 6.06. The third kappa shape index (κ3) is 4.58. The lowest BCUT2D eigenvalue weighted by molar-refractivity contribution is -0.385. The number of rotatable bonds is 3. The molecule has 0 unspecified atom stereocenters. The zero-order valence-corrected chi connectivity index (χ0v) is 11.9. The van der Waals surface area contributed by atoms with Crippen LogP contribution in [0.4, 0.5) is 20.2 Å². The number of methoxy groups -OCH3 is 2. The molecule has 0 atom stereocenters. The SMILES string of the molecule is COc1cc(F)ccc1N.COc1cc(F)ccc1[N+](=O)[O-]. The third-order valence-corrected chi connectivity index (χ3v) is 2.53. The monoisotopic (exact) mass is 312 g/mol. The van der Waals surface area contributed by atoms with Gasteiger partial charge in [-0.1, -0.05) is 0 Å². The number of anilines is 1. The average Bonchev–Trinajstić information content (AvgIpc) is 2.49. The molecule has 118 valence electrons. The van der Waals surface area contributed by atoms with Crippen molar-refractivity contribution in [3.63, 3.8) is 0 Å². The zero-order valence-electron chi connectivity index (χ0n) is 11.9. The number of nitrogen functional groups attached to an aromatic ring is 1. The van der Waals surface area contributed by atoms with Gasteiger partial charge in [0.25, 0.3) is 0 Å². The molecule has 0 heterocycles. The first-order chi connectivity index (χ1) is 10.4. The molecule has 0 aromatic heterocycles. The number of hydrogen-bond donors (Lipinski definition) is 1. The Morgan fingerprint density at radius 2 is 1.50 bits per heavy atom. The number of ether oxygens (including phenoxy) is 2. The van der Waals surface area contributed by atoms with E-state index in [-0.39, 0.29) is 17.3 Å². The van der Waals surface area contributed by atoms with Gasteiger partial charge in [-0.2, -0.15) is 0 Å². The van der Waals surface area contributed by atoms with Crippen LogP contribution in [0.3, 0.4) is 0 Å². The normalized spacial score (nSPS) is 9.45. The van der Waals surface area contributed by atoms with Crippen molar-refractivity contribution < 1.29 is 23.2 Å². The van der Waals surface area contributed by atoms with Crippen molar-refractivity contribution in [3.05, 3.63) is 58.1 Å². The highest BCUT2D eigenvalue weighted by atomic mass is 19.1. The van der Waals surface area contributed by atoms with E-state index in [1.807, 2.05) is 0 Å². The highest BCUT2D eigenvalue weighted by molar-refractivity contribution is 5.52. The Morgan fingerprint density at radius 3 is 1.95 bits per heavy atom. The molecule has 0 fully saturated rings. The molecule has 2 rings (SSSR count). The van der Waals surface area contributed by atoms with Gasteiger partial charge in [0.1, 0.15) is 17.4 Å². The second-order valence-electron chi connectivity index (χ2n) is 3.96. The molecule has 0 saturated carbocycles. The summed E-state index contributed by atoms with van der Waals surface area (Å²) >= 11 is 0. The second kappa shape index (κ2) is 7.77. The van der Waals surface area contributed by atoms with Crippen LogP contribution in [0, 0.1) is 21.7 Å². The van der Waals surface area contributed by atoms with E-state index in [1.165, 1.54) is 32.4 Å². The third-order valence-electron chi connectivity index (χ3n) is 2.53. The minimum atomic E-state index is -0.627. The summed E-state index contributed by atoms with van der Waals surface area (Å²) in [6, 6.07) is 7.05. The lowest BCUT2D eigenvalue weighted by Crippen LogP contribution is -1.93. The Bertz CT molecular complexity index is 665. The summed E-state index contributed by atoms with van der Waals surface area (Å²) in [5, 5.41) is 10.3. The second-order valence-corrected chi connectivity index (χ2v) is 3.96. The van der Waals surface area contributed by atoms with Crippen LogP contribution in [0.5, 0.6) is 11.5 Å². The molecule has 0 aliphatic heterocycles. The summed E-state index contributed by atoms with van der Waals surface area (Å²) in [6.45, 7) is 0. The molecule has 2 aromatic rings. The fraction of sp³-hybridized carbons (Fsp3) is 0.143. The summed E-state index contributed by atoms with van der Waals surface area (Å²) in [6.07, 6.45) is 0. The zero-order chi connectivity index (χ0) is 16.7. The molecule has 0 saturated heterocycles. The maximum absolute atomic E-state index is 12.5. The Morgan fingerprint density at radius 1 is 1.00 bits per heavy atom. The van der Waals surface area contributed by atoms with Crippen molar-refractivity contribution >= 4 is 11.4 Å². The molecule has 22 heavy (non-hydrogen) atoms. The van der Waals surface area contributed by atoms with Crippen molar-refractivity contribution in [2.75, 3.05) is 20.0 Å². The minimum absolute atomic E-state index is 0.0694. The molecule has 0 spiro atoms. The first-order valence-corrected chi connectivity index (χ1v) is 5.96. The van der Waals surface area contributed by atoms with E-state index < -0.39 is 10.7 Å². The van der Waals surface area contributed by atoms with Gasteiger partial charge in [-0.05, 0) is 18.2 Å². The quantitative estimate of drug-likeness (QED) is 0.534. The largest absolute Gasteiger partial charge is 0.494 e. The van der Waals surface area contributed by atoms with Gasteiger partial charge in [-0.15, -0.1) is 0 Å². The van der Waals surface area contributed by atoms with Gasteiger partial charge >= 0.3 is 5.69 Å². The highest BCUT2D eigenvalue weighted by Crippen LogP contribution is 2.26. The summed E-state index contributed by atoms with van der Waals surface area (Å²) in [7, 11) is 2.70. The van der Waals surface area contributed by atoms with Crippen molar-refractivity contribution in [1.29, 1.82) is 0 Å². The molecule has 2 N–H and O–H groups in total. The number of halogens is 2. The number of hydrogen-bond acceptors (Lipinski definition) is 5. The molecular weight excluding hydrogens is 298 g/mol. The molecular formula is C14H14F2N2O4. The van der Waals surface area contributed by atoms with E-state index >= 15 is 0 Å². The lowest BCUT2D eigenvalue weighted by atomic mass is 10.3.